The van der Waals surface area contributed by atoms with Gasteiger partial charge in [-0.25, -0.2) is 13.4 Å². The molecule has 1 aliphatic heterocycles. The molecule has 0 unspecified atom stereocenters. The molecule has 31 heavy (non-hydrogen) atoms. The Labute approximate surface area is 189 Å². The molecule has 0 radical (unpaired) electrons. The Kier molecular flexibility index (Phi) is 5.54. The molecule has 0 spiro atoms. The van der Waals surface area contributed by atoms with Gasteiger partial charge in [0.05, 0.1) is 15.2 Å². The van der Waals surface area contributed by atoms with Crippen LogP contribution in [-0.2, 0) is 10.0 Å². The van der Waals surface area contributed by atoms with E-state index in [1.54, 1.807) is 11.3 Å². The van der Waals surface area contributed by atoms with Crippen molar-refractivity contribution in [2.24, 2.45) is 0 Å². The van der Waals surface area contributed by atoms with Crippen LogP contribution in [0.2, 0.25) is 5.02 Å². The monoisotopic (exact) mass is 479 g/mol. The largest absolute Gasteiger partial charge is 0.438 e. The number of rotatable bonds is 5. The molecule has 1 saturated carbocycles. The number of amides is 1. The van der Waals surface area contributed by atoms with Crippen molar-refractivity contribution in [3.8, 4) is 0 Å². The summed E-state index contributed by atoms with van der Waals surface area (Å²) in [7, 11) is -3.63. The lowest BCUT2D eigenvalue weighted by atomic mass is 9.86. The number of fused-ring (bicyclic) bond motifs is 1. The molecule has 3 aromatic rings. The number of nitrogens with one attached hydrogen (secondary N) is 1. The number of hydrogen-bond acceptors (Lipinski definition) is 6. The summed E-state index contributed by atoms with van der Waals surface area (Å²) in [6.07, 6.45) is 4.40. The van der Waals surface area contributed by atoms with Crippen LogP contribution in [0.5, 0.6) is 0 Å². The molecule has 2 fully saturated rings. The Balaban J connectivity index is 1.19. The average Bonchev–Trinajstić information content (AvgIpc) is 3.34. The van der Waals surface area contributed by atoms with Gasteiger partial charge >= 0.3 is 0 Å². The Hall–Kier alpha value is -1.94. The van der Waals surface area contributed by atoms with Crippen LogP contribution in [0.4, 0.5) is 0 Å². The van der Waals surface area contributed by atoms with Crippen molar-refractivity contribution >= 4 is 49.1 Å². The standard InChI is InChI=1S/C21H22ClN3O4S2/c22-14-4-8-18-16(12-14)24-21(30-18)13-2-5-15(6-3-13)23-20(26)17-7-9-19(29-17)31(27,28)25-10-1-11-25/h4,7-9,12-13,15H,1-3,5-6,10-11H2,(H,23,26). The molecule has 2 aromatic heterocycles. The maximum absolute atomic E-state index is 12.6. The number of furan rings is 1. The topological polar surface area (TPSA) is 92.5 Å². The maximum Gasteiger partial charge on any atom is 0.287 e. The minimum atomic E-state index is -3.63. The van der Waals surface area contributed by atoms with Crippen LogP contribution in [0, 0.1) is 0 Å². The fourth-order valence-electron chi connectivity index (χ4n) is 4.07. The molecule has 1 saturated heterocycles. The number of thiazole rings is 1. The highest BCUT2D eigenvalue weighted by molar-refractivity contribution is 7.89. The van der Waals surface area contributed by atoms with Gasteiger partial charge < -0.3 is 9.73 Å². The second-order valence-electron chi connectivity index (χ2n) is 8.06. The number of hydrogen-bond donors (Lipinski definition) is 1. The van der Waals surface area contributed by atoms with Gasteiger partial charge in [-0.15, -0.1) is 11.3 Å². The summed E-state index contributed by atoms with van der Waals surface area (Å²) in [4.78, 5) is 17.3. The van der Waals surface area contributed by atoms with Gasteiger partial charge in [0.1, 0.15) is 0 Å². The van der Waals surface area contributed by atoms with Gasteiger partial charge in [0.25, 0.3) is 15.9 Å². The molecule has 2 aliphatic rings. The summed E-state index contributed by atoms with van der Waals surface area (Å²) >= 11 is 7.77. The van der Waals surface area contributed by atoms with E-state index in [2.05, 4.69) is 5.32 Å². The van der Waals surface area contributed by atoms with Crippen LogP contribution in [0.1, 0.15) is 53.6 Å². The van der Waals surface area contributed by atoms with Crippen molar-refractivity contribution < 1.29 is 17.6 Å². The van der Waals surface area contributed by atoms with Crippen molar-refractivity contribution in [2.45, 2.75) is 49.2 Å². The normalized spacial score (nSPS) is 22.4. The minimum Gasteiger partial charge on any atom is -0.438 e. The summed E-state index contributed by atoms with van der Waals surface area (Å²) in [5, 5.41) is 4.63. The van der Waals surface area contributed by atoms with Gasteiger partial charge in [0, 0.05) is 30.1 Å². The van der Waals surface area contributed by atoms with Gasteiger partial charge in [-0.3, -0.25) is 4.79 Å². The quantitative estimate of drug-likeness (QED) is 0.585. The summed E-state index contributed by atoms with van der Waals surface area (Å²) in [6.45, 7) is 0.991. The predicted octanol–water partition coefficient (Wildman–Crippen LogP) is 4.39. The molecular weight excluding hydrogens is 458 g/mol. The fraction of sp³-hybridized carbons (Fsp3) is 0.429. The molecule has 3 heterocycles. The molecule has 0 bridgehead atoms. The Bertz CT molecular complexity index is 1220. The smallest absolute Gasteiger partial charge is 0.287 e. The zero-order chi connectivity index (χ0) is 21.6. The van der Waals surface area contributed by atoms with E-state index in [-0.39, 0.29) is 22.8 Å². The number of sulfonamides is 1. The number of benzene rings is 1. The van der Waals surface area contributed by atoms with Crippen LogP contribution in [0.3, 0.4) is 0 Å². The molecule has 164 valence electrons. The molecule has 1 aliphatic carbocycles. The summed E-state index contributed by atoms with van der Waals surface area (Å²) < 4.78 is 32.6. The third kappa shape index (κ3) is 4.11. The fourth-order valence-corrected chi connectivity index (χ4v) is 6.78. The Morgan fingerprint density at radius 2 is 1.94 bits per heavy atom. The number of nitrogens with zero attached hydrogens (tertiary/aromatic N) is 2. The first-order valence-electron chi connectivity index (χ1n) is 10.4. The average molecular weight is 480 g/mol. The molecule has 0 atom stereocenters. The molecule has 1 aromatic carbocycles. The van der Waals surface area contributed by atoms with E-state index < -0.39 is 10.0 Å². The highest BCUT2D eigenvalue weighted by Gasteiger charge is 2.33. The number of aromatic nitrogens is 1. The molecule has 7 nitrogen and oxygen atoms in total. The summed E-state index contributed by atoms with van der Waals surface area (Å²) in [5.74, 6) is 0.0358. The van der Waals surface area contributed by atoms with Crippen LogP contribution in [0.25, 0.3) is 10.2 Å². The van der Waals surface area contributed by atoms with Crippen molar-refractivity contribution in [3.05, 3.63) is 46.1 Å². The zero-order valence-corrected chi connectivity index (χ0v) is 19.1. The maximum atomic E-state index is 12.6. The van der Waals surface area contributed by atoms with E-state index in [0.29, 0.717) is 24.0 Å². The number of halogens is 1. The van der Waals surface area contributed by atoms with Crippen LogP contribution < -0.4 is 5.32 Å². The van der Waals surface area contributed by atoms with Gasteiger partial charge in [-0.2, -0.15) is 4.31 Å². The van der Waals surface area contributed by atoms with Crippen molar-refractivity contribution in [1.82, 2.24) is 14.6 Å². The molecular formula is C21H22ClN3O4S2. The Morgan fingerprint density at radius 3 is 2.65 bits per heavy atom. The predicted molar refractivity (Wildman–Crippen MR) is 119 cm³/mol. The second kappa shape index (κ2) is 8.20. The van der Waals surface area contributed by atoms with Gasteiger partial charge in [0.15, 0.2) is 5.76 Å². The van der Waals surface area contributed by atoms with E-state index in [4.69, 9.17) is 21.0 Å². The third-order valence-corrected chi connectivity index (χ3v) is 9.20. The van der Waals surface area contributed by atoms with Gasteiger partial charge in [0.2, 0.25) is 5.09 Å². The number of carbonyl (C=O) groups excluding carboxylic acids is 1. The first-order chi connectivity index (χ1) is 14.9. The highest BCUT2D eigenvalue weighted by Crippen LogP contribution is 2.37. The summed E-state index contributed by atoms with van der Waals surface area (Å²) in [6, 6.07) is 8.60. The lowest BCUT2D eigenvalue weighted by Crippen LogP contribution is -2.41. The van der Waals surface area contributed by atoms with Crippen LogP contribution >= 0.6 is 22.9 Å². The Morgan fingerprint density at radius 1 is 1.16 bits per heavy atom. The van der Waals surface area contributed by atoms with Crippen molar-refractivity contribution in [1.29, 1.82) is 0 Å². The lowest BCUT2D eigenvalue weighted by molar-refractivity contribution is 0.0892. The molecule has 10 heteroatoms. The third-order valence-electron chi connectivity index (χ3n) is 5.99. The van der Waals surface area contributed by atoms with E-state index in [1.807, 2.05) is 18.2 Å². The lowest BCUT2D eigenvalue weighted by Gasteiger charge is -2.28. The first-order valence-corrected chi connectivity index (χ1v) is 13.0. The van der Waals surface area contributed by atoms with Gasteiger partial charge in [-0.05, 0) is 62.4 Å². The molecule has 5 rings (SSSR count). The van der Waals surface area contributed by atoms with E-state index >= 15 is 0 Å². The summed E-state index contributed by atoms with van der Waals surface area (Å²) in [5.41, 5.74) is 0.935. The van der Waals surface area contributed by atoms with Crippen LogP contribution in [0.15, 0.2) is 39.8 Å². The van der Waals surface area contributed by atoms with Crippen molar-refractivity contribution in [2.75, 3.05) is 13.1 Å². The number of carbonyl (C=O) groups is 1. The minimum absolute atomic E-state index is 0.0317. The SMILES string of the molecule is O=C(NC1CCC(c2nc3cc(Cl)ccc3s2)CC1)c1ccc(S(=O)(=O)N2CCC2)o1. The molecule has 1 N–H and O–H groups in total. The highest BCUT2D eigenvalue weighted by atomic mass is 35.5. The second-order valence-corrected chi connectivity index (χ2v) is 11.4. The van der Waals surface area contributed by atoms with E-state index in [9.17, 15) is 13.2 Å². The first kappa shape index (κ1) is 20.9. The van der Waals surface area contributed by atoms with Gasteiger partial charge in [-0.1, -0.05) is 11.6 Å². The van der Waals surface area contributed by atoms with Crippen molar-refractivity contribution in [3.63, 3.8) is 0 Å². The van der Waals surface area contributed by atoms with E-state index in [1.165, 1.54) is 16.4 Å². The van der Waals surface area contributed by atoms with Crippen LogP contribution in [-0.4, -0.2) is 42.7 Å². The zero-order valence-electron chi connectivity index (χ0n) is 16.7. The van der Waals surface area contributed by atoms with E-state index in [0.717, 1.165) is 47.3 Å². The molecule has 1 amide bonds.